The monoisotopic (exact) mass is 425 g/mol. The van der Waals surface area contributed by atoms with E-state index in [-0.39, 0.29) is 12.4 Å². The van der Waals surface area contributed by atoms with Gasteiger partial charge in [-0.3, -0.25) is 4.98 Å². The van der Waals surface area contributed by atoms with E-state index in [1.165, 1.54) is 22.6 Å². The molecular formula is C20H27FN2O3PS+. The molecule has 1 atom stereocenters. The molecule has 1 aromatic carbocycles. The average molecular weight is 425 g/mol. The fraction of sp³-hybridized carbons (Fsp3) is 0.450. The lowest BCUT2D eigenvalue weighted by molar-refractivity contribution is 0.276. The highest BCUT2D eigenvalue weighted by Crippen LogP contribution is 2.19. The fourth-order valence-corrected chi connectivity index (χ4v) is 3.77. The van der Waals surface area contributed by atoms with E-state index in [9.17, 15) is 8.96 Å². The molecule has 0 aliphatic heterocycles. The van der Waals surface area contributed by atoms with Crippen molar-refractivity contribution in [1.82, 2.24) is 10.3 Å². The van der Waals surface area contributed by atoms with E-state index >= 15 is 0 Å². The zero-order valence-electron chi connectivity index (χ0n) is 15.8. The summed E-state index contributed by atoms with van der Waals surface area (Å²) in [6, 6.07) is 10.9. The molecule has 2 aromatic rings. The Kier molecular flexibility index (Phi) is 11.3. The first-order valence-corrected chi connectivity index (χ1v) is 11.6. The van der Waals surface area contributed by atoms with Crippen LogP contribution in [0.5, 0.6) is 0 Å². The standard InChI is InChI=1S/C20H26FN2O3PS/c21-18-8-6-17(7-9-18)5-2-1-3-14-28-20-11-10-19(23-16-20)15-22-12-4-13-26-27(24)25/h6-11,16,22H,1-5,12-15H2/p+1. The number of pyridine rings is 1. The largest absolute Gasteiger partial charge is 0.694 e. The van der Waals surface area contributed by atoms with Crippen LogP contribution in [0.15, 0.2) is 47.5 Å². The quantitative estimate of drug-likeness (QED) is 0.256. The van der Waals surface area contributed by atoms with Crippen LogP contribution < -0.4 is 5.32 Å². The van der Waals surface area contributed by atoms with Crippen molar-refractivity contribution < 1.29 is 18.4 Å². The molecule has 0 amide bonds. The van der Waals surface area contributed by atoms with Crippen molar-refractivity contribution in [2.24, 2.45) is 0 Å². The number of hydrogen-bond donors (Lipinski definition) is 2. The summed E-state index contributed by atoms with van der Waals surface area (Å²) in [5, 5.41) is 3.23. The van der Waals surface area contributed by atoms with Crippen molar-refractivity contribution in [2.45, 2.75) is 43.5 Å². The van der Waals surface area contributed by atoms with Gasteiger partial charge in [-0.15, -0.1) is 21.2 Å². The summed E-state index contributed by atoms with van der Waals surface area (Å²) in [7, 11) is -2.49. The van der Waals surface area contributed by atoms with E-state index < -0.39 is 8.25 Å². The number of thioether (sulfide) groups is 1. The topological polar surface area (TPSA) is 71.5 Å². The van der Waals surface area contributed by atoms with Crippen LogP contribution in [-0.4, -0.2) is 28.8 Å². The van der Waals surface area contributed by atoms with Crippen LogP contribution in [0.2, 0.25) is 0 Å². The van der Waals surface area contributed by atoms with Gasteiger partial charge in [-0.1, -0.05) is 18.6 Å². The third-order valence-corrected chi connectivity index (χ3v) is 5.57. The number of nitrogens with zero attached hydrogens (tertiary/aromatic N) is 1. The molecule has 0 fully saturated rings. The van der Waals surface area contributed by atoms with E-state index in [0.29, 0.717) is 19.5 Å². The van der Waals surface area contributed by atoms with Crippen LogP contribution in [0.25, 0.3) is 0 Å². The third-order valence-electron chi connectivity index (χ3n) is 4.10. The first-order valence-electron chi connectivity index (χ1n) is 9.45. The van der Waals surface area contributed by atoms with E-state index in [2.05, 4.69) is 20.9 Å². The number of unbranched alkanes of at least 4 members (excludes halogenated alkanes) is 2. The molecule has 28 heavy (non-hydrogen) atoms. The highest BCUT2D eigenvalue weighted by Gasteiger charge is 2.09. The minimum atomic E-state index is -2.49. The van der Waals surface area contributed by atoms with Crippen molar-refractivity contribution in [3.8, 4) is 0 Å². The maximum atomic E-state index is 12.9. The Labute approximate surface area is 171 Å². The number of aryl methyl sites for hydroxylation is 1. The van der Waals surface area contributed by atoms with Gasteiger partial charge in [0.25, 0.3) is 0 Å². The van der Waals surface area contributed by atoms with Gasteiger partial charge in [-0.2, -0.15) is 0 Å². The summed E-state index contributed by atoms with van der Waals surface area (Å²) in [6.45, 7) is 1.64. The van der Waals surface area contributed by atoms with Crippen LogP contribution in [0.3, 0.4) is 0 Å². The van der Waals surface area contributed by atoms with Gasteiger partial charge in [0.05, 0.1) is 5.69 Å². The van der Waals surface area contributed by atoms with Crippen LogP contribution in [0.4, 0.5) is 4.39 Å². The van der Waals surface area contributed by atoms with Gasteiger partial charge >= 0.3 is 8.25 Å². The SMILES string of the molecule is O=[P+](O)OCCCNCc1ccc(SCCCCCc2ccc(F)cc2)cn1. The van der Waals surface area contributed by atoms with Crippen molar-refractivity contribution in [2.75, 3.05) is 18.9 Å². The highest BCUT2D eigenvalue weighted by molar-refractivity contribution is 7.99. The van der Waals surface area contributed by atoms with Gasteiger partial charge in [0.1, 0.15) is 12.4 Å². The molecule has 8 heteroatoms. The molecule has 0 spiro atoms. The zero-order valence-corrected chi connectivity index (χ0v) is 17.6. The smallest absolute Gasteiger partial charge is 0.311 e. The minimum Gasteiger partial charge on any atom is -0.311 e. The Morgan fingerprint density at radius 1 is 1.11 bits per heavy atom. The summed E-state index contributed by atoms with van der Waals surface area (Å²) in [5.74, 6) is 0.887. The lowest BCUT2D eigenvalue weighted by Gasteiger charge is -2.05. The molecule has 0 radical (unpaired) electrons. The Bertz CT molecular complexity index is 702. The second-order valence-electron chi connectivity index (χ2n) is 6.37. The van der Waals surface area contributed by atoms with E-state index in [4.69, 9.17) is 4.89 Å². The summed E-state index contributed by atoms with van der Waals surface area (Å²) in [4.78, 5) is 14.1. The van der Waals surface area contributed by atoms with E-state index in [1.807, 2.05) is 36.2 Å². The minimum absolute atomic E-state index is 0.178. The molecular weight excluding hydrogens is 398 g/mol. The van der Waals surface area contributed by atoms with Crippen molar-refractivity contribution >= 4 is 20.0 Å². The molecule has 2 N–H and O–H groups in total. The lowest BCUT2D eigenvalue weighted by Crippen LogP contribution is -2.16. The Hall–Kier alpha value is -1.37. The predicted molar refractivity (Wildman–Crippen MR) is 111 cm³/mol. The predicted octanol–water partition coefficient (Wildman–Crippen LogP) is 4.87. The summed E-state index contributed by atoms with van der Waals surface area (Å²) >= 11 is 1.81. The zero-order chi connectivity index (χ0) is 20.0. The second-order valence-corrected chi connectivity index (χ2v) is 8.27. The van der Waals surface area contributed by atoms with Gasteiger partial charge < -0.3 is 5.32 Å². The molecule has 0 saturated carbocycles. The third kappa shape index (κ3) is 10.2. The molecule has 0 aliphatic carbocycles. The molecule has 5 nitrogen and oxygen atoms in total. The molecule has 1 unspecified atom stereocenters. The van der Waals surface area contributed by atoms with E-state index in [0.717, 1.165) is 37.1 Å². The first kappa shape index (κ1) is 22.9. The van der Waals surface area contributed by atoms with Gasteiger partial charge in [0.15, 0.2) is 0 Å². The number of hydrogen-bond acceptors (Lipinski definition) is 5. The van der Waals surface area contributed by atoms with Crippen molar-refractivity contribution in [3.63, 3.8) is 0 Å². The number of nitrogens with one attached hydrogen (secondary N) is 1. The maximum absolute atomic E-state index is 12.9. The maximum Gasteiger partial charge on any atom is 0.694 e. The number of halogens is 1. The van der Waals surface area contributed by atoms with Gasteiger partial charge in [0, 0.05) is 22.2 Å². The Morgan fingerprint density at radius 3 is 2.64 bits per heavy atom. The van der Waals surface area contributed by atoms with Crippen molar-refractivity contribution in [1.29, 1.82) is 0 Å². The Morgan fingerprint density at radius 2 is 1.93 bits per heavy atom. The summed E-state index contributed by atoms with van der Waals surface area (Å²) in [6.07, 6.45) is 7.01. The van der Waals surface area contributed by atoms with Gasteiger partial charge in [0.2, 0.25) is 0 Å². The van der Waals surface area contributed by atoms with Crippen LogP contribution in [0, 0.1) is 5.82 Å². The highest BCUT2D eigenvalue weighted by atomic mass is 32.2. The lowest BCUT2D eigenvalue weighted by atomic mass is 10.1. The summed E-state index contributed by atoms with van der Waals surface area (Å²) in [5.41, 5.74) is 2.16. The molecule has 152 valence electrons. The van der Waals surface area contributed by atoms with Gasteiger partial charge in [-0.05, 0) is 67.8 Å². The molecule has 1 aromatic heterocycles. The second kappa shape index (κ2) is 13.7. The molecule has 1 heterocycles. The van der Waals surface area contributed by atoms with Crippen LogP contribution in [-0.2, 0) is 22.1 Å². The molecule has 0 saturated heterocycles. The number of rotatable bonds is 14. The average Bonchev–Trinajstić information content (AvgIpc) is 2.69. The number of aromatic nitrogens is 1. The first-order chi connectivity index (χ1) is 13.6. The summed E-state index contributed by atoms with van der Waals surface area (Å²) < 4.78 is 27.8. The fourth-order valence-electron chi connectivity index (χ4n) is 2.61. The normalized spacial score (nSPS) is 11.6. The van der Waals surface area contributed by atoms with Crippen LogP contribution in [0.1, 0.15) is 36.9 Å². The Balaban J connectivity index is 1.51. The van der Waals surface area contributed by atoms with Crippen molar-refractivity contribution in [3.05, 3.63) is 59.7 Å². The molecule has 0 bridgehead atoms. The van der Waals surface area contributed by atoms with E-state index in [1.54, 1.807) is 0 Å². The molecule has 0 aliphatic rings. The number of benzene rings is 1. The molecule has 2 rings (SSSR count). The van der Waals surface area contributed by atoms with Gasteiger partial charge in [-0.25, -0.2) is 4.39 Å². The van der Waals surface area contributed by atoms with Crippen LogP contribution >= 0.6 is 20.0 Å².